The summed E-state index contributed by atoms with van der Waals surface area (Å²) in [5.74, 6) is -0.529. The van der Waals surface area contributed by atoms with Crippen LogP contribution in [0, 0.1) is 19.8 Å². The zero-order valence-corrected chi connectivity index (χ0v) is 13.2. The zero-order chi connectivity index (χ0) is 16.1. The second kappa shape index (κ2) is 4.88. The van der Waals surface area contributed by atoms with Crippen molar-refractivity contribution in [2.24, 2.45) is 7.05 Å². The van der Waals surface area contributed by atoms with Crippen molar-refractivity contribution in [3.8, 4) is 11.3 Å². The first-order chi connectivity index (χ1) is 11.0. The molecule has 0 bridgehead atoms. The molecular formula is C19H16FN2O+. The summed E-state index contributed by atoms with van der Waals surface area (Å²) in [7, 11) is 2.02. The van der Waals surface area contributed by atoms with E-state index in [1.807, 2.05) is 19.3 Å². The monoisotopic (exact) mass is 307 g/mol. The number of furan rings is 1. The number of benzene rings is 1. The second-order valence-corrected chi connectivity index (χ2v) is 5.95. The van der Waals surface area contributed by atoms with E-state index in [0.29, 0.717) is 5.71 Å². The van der Waals surface area contributed by atoms with Crippen molar-refractivity contribution in [2.75, 3.05) is 0 Å². The maximum Gasteiger partial charge on any atom is 0.229 e. The summed E-state index contributed by atoms with van der Waals surface area (Å²) in [4.78, 5) is 3.84. The number of aryl methyl sites for hydroxylation is 3. The fraction of sp³-hybridized carbons (Fsp3) is 0.158. The standard InChI is InChI=1S/C19H16FN2O/c1-11-6-7-22(3)16(8-11)14-10-17-15(9-12(14)2)13-4-5-18(20)21-19(13)23-17/h4-10H,1-3H3/q+1. The normalized spacial score (nSPS) is 11.5. The molecule has 0 fully saturated rings. The molecule has 0 aliphatic heterocycles. The van der Waals surface area contributed by atoms with Crippen LogP contribution >= 0.6 is 0 Å². The molecule has 0 amide bonds. The maximum absolute atomic E-state index is 13.3. The topological polar surface area (TPSA) is 29.9 Å². The van der Waals surface area contributed by atoms with Gasteiger partial charge in [0.1, 0.15) is 12.6 Å². The Morgan fingerprint density at radius 3 is 2.70 bits per heavy atom. The number of pyridine rings is 2. The van der Waals surface area contributed by atoms with Gasteiger partial charge in [0.15, 0.2) is 6.20 Å². The van der Waals surface area contributed by atoms with Gasteiger partial charge in [0.05, 0.1) is 5.56 Å². The molecule has 0 aliphatic carbocycles. The van der Waals surface area contributed by atoms with Gasteiger partial charge in [-0.05, 0) is 49.2 Å². The Morgan fingerprint density at radius 2 is 1.87 bits per heavy atom. The smallest absolute Gasteiger partial charge is 0.229 e. The van der Waals surface area contributed by atoms with Crippen LogP contribution < -0.4 is 4.57 Å². The molecule has 0 radical (unpaired) electrons. The summed E-state index contributed by atoms with van der Waals surface area (Å²) in [6.07, 6.45) is 2.05. The largest absolute Gasteiger partial charge is 0.438 e. The van der Waals surface area contributed by atoms with Gasteiger partial charge in [0.25, 0.3) is 0 Å². The minimum atomic E-state index is -0.529. The highest BCUT2D eigenvalue weighted by atomic mass is 19.1. The van der Waals surface area contributed by atoms with Gasteiger partial charge in [-0.25, -0.2) is 4.57 Å². The first-order valence-electron chi connectivity index (χ1n) is 7.49. The van der Waals surface area contributed by atoms with E-state index in [1.165, 1.54) is 11.6 Å². The van der Waals surface area contributed by atoms with Crippen LogP contribution in [0.1, 0.15) is 11.1 Å². The number of fused-ring (bicyclic) bond motifs is 3. The van der Waals surface area contributed by atoms with Gasteiger partial charge in [-0.15, -0.1) is 0 Å². The average Bonchev–Trinajstić information content (AvgIpc) is 2.85. The van der Waals surface area contributed by atoms with Crippen molar-refractivity contribution in [1.82, 2.24) is 4.98 Å². The Kier molecular flexibility index (Phi) is 2.94. The molecule has 0 unspecified atom stereocenters. The van der Waals surface area contributed by atoms with Gasteiger partial charge < -0.3 is 4.42 Å². The molecular weight excluding hydrogens is 291 g/mol. The number of halogens is 1. The molecule has 4 heteroatoms. The highest BCUT2D eigenvalue weighted by Crippen LogP contribution is 2.33. The van der Waals surface area contributed by atoms with Gasteiger partial charge in [0.2, 0.25) is 17.4 Å². The summed E-state index contributed by atoms with van der Waals surface area (Å²) >= 11 is 0. The Hall–Kier alpha value is -2.75. The average molecular weight is 307 g/mol. The number of aromatic nitrogens is 2. The van der Waals surface area contributed by atoms with Gasteiger partial charge in [-0.3, -0.25) is 0 Å². The van der Waals surface area contributed by atoms with Crippen molar-refractivity contribution in [3.63, 3.8) is 0 Å². The van der Waals surface area contributed by atoms with Crippen LogP contribution in [-0.2, 0) is 7.05 Å². The number of nitrogens with zero attached hydrogens (tertiary/aromatic N) is 2. The van der Waals surface area contributed by atoms with E-state index in [4.69, 9.17) is 4.42 Å². The third kappa shape index (κ3) is 2.18. The fourth-order valence-electron chi connectivity index (χ4n) is 3.01. The molecule has 3 aromatic heterocycles. The molecule has 114 valence electrons. The van der Waals surface area contributed by atoms with Gasteiger partial charge in [-0.1, -0.05) is 0 Å². The summed E-state index contributed by atoms with van der Waals surface area (Å²) in [5.41, 5.74) is 5.62. The van der Waals surface area contributed by atoms with E-state index in [2.05, 4.69) is 41.6 Å². The minimum Gasteiger partial charge on any atom is -0.438 e. The highest BCUT2D eigenvalue weighted by Gasteiger charge is 2.17. The molecule has 0 N–H and O–H groups in total. The van der Waals surface area contributed by atoms with E-state index in [9.17, 15) is 4.39 Å². The van der Waals surface area contributed by atoms with Crippen LogP contribution in [0.5, 0.6) is 0 Å². The lowest BCUT2D eigenvalue weighted by atomic mass is 10.0. The molecule has 0 aliphatic rings. The Morgan fingerprint density at radius 1 is 1.04 bits per heavy atom. The summed E-state index contributed by atoms with van der Waals surface area (Å²) < 4.78 is 21.2. The lowest BCUT2D eigenvalue weighted by molar-refractivity contribution is -0.660. The van der Waals surface area contributed by atoms with Crippen LogP contribution in [0.2, 0.25) is 0 Å². The molecule has 4 rings (SSSR count). The molecule has 0 spiro atoms. The van der Waals surface area contributed by atoms with Gasteiger partial charge in [0, 0.05) is 22.9 Å². The SMILES string of the molecule is Cc1cc[n+](C)c(-c2cc3oc4nc(F)ccc4c3cc2C)c1. The Bertz CT molecular complexity index is 1070. The predicted octanol–water partition coefficient (Wildman–Crippen LogP) is 4.23. The van der Waals surface area contributed by atoms with Crippen molar-refractivity contribution in [2.45, 2.75) is 13.8 Å². The van der Waals surface area contributed by atoms with Crippen LogP contribution in [0.15, 0.2) is 47.0 Å². The van der Waals surface area contributed by atoms with Crippen LogP contribution in [-0.4, -0.2) is 4.98 Å². The third-order valence-electron chi connectivity index (χ3n) is 4.23. The van der Waals surface area contributed by atoms with Crippen LogP contribution in [0.3, 0.4) is 0 Å². The maximum atomic E-state index is 13.3. The van der Waals surface area contributed by atoms with Crippen LogP contribution in [0.25, 0.3) is 33.3 Å². The number of hydrogen-bond donors (Lipinski definition) is 0. The fourth-order valence-corrected chi connectivity index (χ4v) is 3.01. The molecule has 3 heterocycles. The van der Waals surface area contributed by atoms with Crippen LogP contribution in [0.4, 0.5) is 4.39 Å². The van der Waals surface area contributed by atoms with Gasteiger partial charge >= 0.3 is 0 Å². The van der Waals surface area contributed by atoms with E-state index < -0.39 is 5.95 Å². The Labute approximate surface area is 133 Å². The van der Waals surface area contributed by atoms with E-state index in [0.717, 1.165) is 33.2 Å². The first kappa shape index (κ1) is 13.9. The highest BCUT2D eigenvalue weighted by molar-refractivity contribution is 6.05. The molecule has 0 atom stereocenters. The molecule has 0 saturated heterocycles. The van der Waals surface area contributed by atoms with Crippen molar-refractivity contribution >= 4 is 22.1 Å². The third-order valence-corrected chi connectivity index (χ3v) is 4.23. The number of rotatable bonds is 1. The predicted molar refractivity (Wildman–Crippen MR) is 87.6 cm³/mol. The molecule has 3 nitrogen and oxygen atoms in total. The lowest BCUT2D eigenvalue weighted by Crippen LogP contribution is -2.30. The first-order valence-corrected chi connectivity index (χ1v) is 7.49. The van der Waals surface area contributed by atoms with E-state index >= 15 is 0 Å². The summed E-state index contributed by atoms with van der Waals surface area (Å²) in [6.45, 7) is 4.15. The summed E-state index contributed by atoms with van der Waals surface area (Å²) in [5, 5.41) is 1.80. The Balaban J connectivity index is 2.03. The van der Waals surface area contributed by atoms with E-state index in [1.54, 1.807) is 6.07 Å². The second-order valence-electron chi connectivity index (χ2n) is 5.95. The van der Waals surface area contributed by atoms with Crippen molar-refractivity contribution < 1.29 is 13.4 Å². The summed E-state index contributed by atoms with van der Waals surface area (Å²) in [6, 6.07) is 11.4. The van der Waals surface area contributed by atoms with Crippen molar-refractivity contribution in [3.05, 3.63) is 59.7 Å². The lowest BCUT2D eigenvalue weighted by Gasteiger charge is -2.05. The molecule has 23 heavy (non-hydrogen) atoms. The molecule has 0 saturated carbocycles. The molecule has 1 aromatic carbocycles. The number of hydrogen-bond acceptors (Lipinski definition) is 2. The minimum absolute atomic E-state index is 0.338. The molecule has 4 aromatic rings. The van der Waals surface area contributed by atoms with E-state index in [-0.39, 0.29) is 0 Å². The van der Waals surface area contributed by atoms with Crippen molar-refractivity contribution in [1.29, 1.82) is 0 Å². The van der Waals surface area contributed by atoms with Gasteiger partial charge in [-0.2, -0.15) is 9.37 Å². The quantitative estimate of drug-likeness (QED) is 0.389. The zero-order valence-electron chi connectivity index (χ0n) is 13.2.